The minimum Gasteiger partial charge on any atom is -0.352 e. The number of pyridine rings is 1. The van der Waals surface area contributed by atoms with Crippen molar-refractivity contribution in [3.8, 4) is 0 Å². The minimum atomic E-state index is -0.255. The second-order valence-electron chi connectivity index (χ2n) is 6.15. The van der Waals surface area contributed by atoms with Crippen LogP contribution in [0.25, 0.3) is 0 Å². The lowest BCUT2D eigenvalue weighted by atomic mass is 10.0. The summed E-state index contributed by atoms with van der Waals surface area (Å²) in [5.41, 5.74) is 0.674. The van der Waals surface area contributed by atoms with Gasteiger partial charge >= 0.3 is 0 Å². The summed E-state index contributed by atoms with van der Waals surface area (Å²) in [6, 6.07) is 2.93. The smallest absolute Gasteiger partial charge is 0.251 e. The molecule has 1 aliphatic rings. The first kappa shape index (κ1) is 12.9. The van der Waals surface area contributed by atoms with Gasteiger partial charge in [0.1, 0.15) is 0 Å². The molecule has 0 bridgehead atoms. The maximum Gasteiger partial charge on any atom is 0.251 e. The van der Waals surface area contributed by atoms with Crippen LogP contribution in [0.15, 0.2) is 23.1 Å². The second-order valence-corrected chi connectivity index (χ2v) is 6.15. The molecule has 1 aromatic heterocycles. The molecule has 1 saturated carbocycles. The van der Waals surface area contributed by atoms with Gasteiger partial charge in [0.25, 0.3) is 5.91 Å². The van der Waals surface area contributed by atoms with E-state index < -0.39 is 0 Å². The van der Waals surface area contributed by atoms with E-state index in [1.54, 1.807) is 6.07 Å². The van der Waals surface area contributed by atoms with Crippen LogP contribution >= 0.6 is 0 Å². The minimum absolute atomic E-state index is 0.181. The van der Waals surface area contributed by atoms with Crippen molar-refractivity contribution in [1.29, 1.82) is 0 Å². The Bertz CT molecular complexity index is 515. The molecule has 0 radical (unpaired) electrons. The SMILES string of the molecule is CC1(C)C(CNC(=O)c2cc[nH]c(=O)c2)C1(C)C. The average molecular weight is 248 g/mol. The molecule has 18 heavy (non-hydrogen) atoms. The van der Waals surface area contributed by atoms with Crippen LogP contribution in [0.4, 0.5) is 0 Å². The van der Waals surface area contributed by atoms with Crippen molar-refractivity contribution in [2.45, 2.75) is 27.7 Å². The molecule has 0 aliphatic heterocycles. The Labute approximate surface area is 107 Å². The molecule has 1 fully saturated rings. The van der Waals surface area contributed by atoms with E-state index in [4.69, 9.17) is 0 Å². The Kier molecular flexibility index (Phi) is 2.84. The molecule has 4 heteroatoms. The predicted octanol–water partition coefficient (Wildman–Crippen LogP) is 1.79. The molecular formula is C14H20N2O2. The zero-order chi connectivity index (χ0) is 13.6. The first-order valence-corrected chi connectivity index (χ1v) is 6.24. The summed E-state index contributed by atoms with van der Waals surface area (Å²) in [6.07, 6.45) is 1.49. The molecule has 98 valence electrons. The highest BCUT2D eigenvalue weighted by molar-refractivity contribution is 5.93. The van der Waals surface area contributed by atoms with Crippen molar-refractivity contribution in [2.24, 2.45) is 16.7 Å². The lowest BCUT2D eigenvalue weighted by Crippen LogP contribution is -2.28. The van der Waals surface area contributed by atoms with Crippen LogP contribution in [0.2, 0.25) is 0 Å². The molecule has 0 unspecified atom stereocenters. The van der Waals surface area contributed by atoms with Gasteiger partial charge in [0.2, 0.25) is 5.56 Å². The van der Waals surface area contributed by atoms with E-state index in [1.165, 1.54) is 12.3 Å². The van der Waals surface area contributed by atoms with Gasteiger partial charge in [0.05, 0.1) is 0 Å². The number of aromatic amines is 1. The zero-order valence-electron chi connectivity index (χ0n) is 11.3. The number of aromatic nitrogens is 1. The van der Waals surface area contributed by atoms with E-state index >= 15 is 0 Å². The van der Waals surface area contributed by atoms with Crippen LogP contribution in [-0.4, -0.2) is 17.4 Å². The number of H-pyrrole nitrogens is 1. The number of hydrogen-bond donors (Lipinski definition) is 2. The van der Waals surface area contributed by atoms with Crippen LogP contribution < -0.4 is 10.9 Å². The van der Waals surface area contributed by atoms with Crippen molar-refractivity contribution in [2.75, 3.05) is 6.54 Å². The Hall–Kier alpha value is -1.58. The molecule has 1 amide bonds. The van der Waals surface area contributed by atoms with E-state index in [2.05, 4.69) is 38.0 Å². The summed E-state index contributed by atoms with van der Waals surface area (Å²) in [5, 5.41) is 2.91. The number of nitrogens with one attached hydrogen (secondary N) is 2. The maximum atomic E-state index is 11.9. The molecule has 0 aromatic carbocycles. The van der Waals surface area contributed by atoms with Gasteiger partial charge < -0.3 is 10.3 Å². The molecule has 1 aliphatic carbocycles. The summed E-state index contributed by atoms with van der Waals surface area (Å²) in [4.78, 5) is 25.5. The largest absolute Gasteiger partial charge is 0.352 e. The molecule has 1 heterocycles. The van der Waals surface area contributed by atoms with Crippen molar-refractivity contribution in [3.63, 3.8) is 0 Å². The highest BCUT2D eigenvalue weighted by atomic mass is 16.2. The lowest BCUT2D eigenvalue weighted by Gasteiger charge is -2.06. The fourth-order valence-electron chi connectivity index (χ4n) is 2.73. The van der Waals surface area contributed by atoms with Crippen molar-refractivity contribution < 1.29 is 4.79 Å². The van der Waals surface area contributed by atoms with Crippen LogP contribution in [0.1, 0.15) is 38.1 Å². The maximum absolute atomic E-state index is 11.9. The number of amides is 1. The summed E-state index contributed by atoms with van der Waals surface area (Å²) in [7, 11) is 0. The predicted molar refractivity (Wildman–Crippen MR) is 70.4 cm³/mol. The molecular weight excluding hydrogens is 228 g/mol. The van der Waals surface area contributed by atoms with Crippen molar-refractivity contribution in [1.82, 2.24) is 10.3 Å². The fourth-order valence-corrected chi connectivity index (χ4v) is 2.73. The third kappa shape index (κ3) is 1.96. The third-order valence-electron chi connectivity index (χ3n) is 4.82. The van der Waals surface area contributed by atoms with E-state index in [0.717, 1.165) is 0 Å². The van der Waals surface area contributed by atoms with Gasteiger partial charge in [0, 0.05) is 24.4 Å². The van der Waals surface area contributed by atoms with Gasteiger partial charge in [-0.1, -0.05) is 27.7 Å². The molecule has 2 rings (SSSR count). The summed E-state index contributed by atoms with van der Waals surface area (Å²) in [6.45, 7) is 9.54. The van der Waals surface area contributed by atoms with Crippen LogP contribution in [0, 0.1) is 16.7 Å². The van der Waals surface area contributed by atoms with Gasteiger partial charge in [-0.15, -0.1) is 0 Å². The van der Waals surface area contributed by atoms with Crippen molar-refractivity contribution in [3.05, 3.63) is 34.2 Å². The molecule has 1 aromatic rings. The average Bonchev–Trinajstić information content (AvgIpc) is 2.66. The van der Waals surface area contributed by atoms with Gasteiger partial charge in [0.15, 0.2) is 0 Å². The Balaban J connectivity index is 1.97. The van der Waals surface area contributed by atoms with Gasteiger partial charge in [-0.25, -0.2) is 0 Å². The normalized spacial score (nSPS) is 20.4. The molecule has 0 spiro atoms. The Morgan fingerprint density at radius 2 is 1.94 bits per heavy atom. The van der Waals surface area contributed by atoms with Crippen LogP contribution in [0.3, 0.4) is 0 Å². The summed E-state index contributed by atoms with van der Waals surface area (Å²) < 4.78 is 0. The van der Waals surface area contributed by atoms with E-state index in [1.807, 2.05) is 0 Å². The first-order valence-electron chi connectivity index (χ1n) is 6.24. The van der Waals surface area contributed by atoms with Crippen molar-refractivity contribution >= 4 is 5.91 Å². The monoisotopic (exact) mass is 248 g/mol. The molecule has 0 saturated heterocycles. The van der Waals surface area contributed by atoms with Crippen LogP contribution in [-0.2, 0) is 0 Å². The van der Waals surface area contributed by atoms with Gasteiger partial charge in [-0.3, -0.25) is 9.59 Å². The lowest BCUT2D eigenvalue weighted by molar-refractivity contribution is 0.0949. The molecule has 2 N–H and O–H groups in total. The summed E-state index contributed by atoms with van der Waals surface area (Å²) in [5.74, 6) is 0.301. The number of hydrogen-bond acceptors (Lipinski definition) is 2. The van der Waals surface area contributed by atoms with E-state index in [0.29, 0.717) is 18.0 Å². The topological polar surface area (TPSA) is 62.0 Å². The quantitative estimate of drug-likeness (QED) is 0.856. The second kappa shape index (κ2) is 3.97. The number of carbonyl (C=O) groups excluding carboxylic acids is 1. The highest BCUT2D eigenvalue weighted by Crippen LogP contribution is 2.67. The van der Waals surface area contributed by atoms with E-state index in [9.17, 15) is 9.59 Å². The highest BCUT2D eigenvalue weighted by Gasteiger charge is 2.64. The molecule has 4 nitrogen and oxygen atoms in total. The van der Waals surface area contributed by atoms with Gasteiger partial charge in [-0.05, 0) is 22.8 Å². The summed E-state index contributed by atoms with van der Waals surface area (Å²) >= 11 is 0. The van der Waals surface area contributed by atoms with Crippen LogP contribution in [0.5, 0.6) is 0 Å². The fraction of sp³-hybridized carbons (Fsp3) is 0.571. The Morgan fingerprint density at radius 3 is 2.44 bits per heavy atom. The van der Waals surface area contributed by atoms with Gasteiger partial charge in [-0.2, -0.15) is 0 Å². The first-order chi connectivity index (χ1) is 8.26. The van der Waals surface area contributed by atoms with E-state index in [-0.39, 0.29) is 22.3 Å². The molecule has 0 atom stereocenters. The number of carbonyl (C=O) groups is 1. The third-order valence-corrected chi connectivity index (χ3v) is 4.82. The zero-order valence-corrected chi connectivity index (χ0v) is 11.3. The standard InChI is InChI=1S/C14H20N2O2/c1-13(2)10(14(13,3)4)8-16-12(18)9-5-6-15-11(17)7-9/h5-7,10H,8H2,1-4H3,(H,15,17)(H,16,18). The number of rotatable bonds is 3. The Morgan fingerprint density at radius 1 is 1.33 bits per heavy atom.